The summed E-state index contributed by atoms with van der Waals surface area (Å²) in [5.74, 6) is 2.79. The van der Waals surface area contributed by atoms with Crippen LogP contribution < -0.4 is 0 Å². The van der Waals surface area contributed by atoms with E-state index >= 15 is 0 Å². The zero-order valence-electron chi connectivity index (χ0n) is 11.0. The molecule has 0 nitrogen and oxygen atoms in total. The first-order valence-corrected chi connectivity index (χ1v) is 6.61. The van der Waals surface area contributed by atoms with Crippen molar-refractivity contribution in [3.05, 3.63) is 0 Å². The summed E-state index contributed by atoms with van der Waals surface area (Å²) in [4.78, 5) is 0. The van der Waals surface area contributed by atoms with Crippen LogP contribution in [0.2, 0.25) is 0 Å². The van der Waals surface area contributed by atoms with E-state index in [1.54, 1.807) is 0 Å². The fraction of sp³-hybridized carbons (Fsp3) is 1.00. The predicted octanol–water partition coefficient (Wildman–Crippen LogP) is 5.28. The van der Waals surface area contributed by atoms with Gasteiger partial charge in [0.25, 0.3) is 0 Å². The van der Waals surface area contributed by atoms with E-state index in [0.717, 1.165) is 17.8 Å². The van der Waals surface area contributed by atoms with Gasteiger partial charge >= 0.3 is 0 Å². The van der Waals surface area contributed by atoms with E-state index in [2.05, 4.69) is 34.6 Å². The summed E-state index contributed by atoms with van der Waals surface area (Å²) in [5.41, 5.74) is 0. The Bertz CT molecular complexity index is 115. The largest absolute Gasteiger partial charge is 0.0654 e. The highest BCUT2D eigenvalue weighted by atomic mass is 14.2. The van der Waals surface area contributed by atoms with Gasteiger partial charge in [-0.2, -0.15) is 0 Å². The summed E-state index contributed by atoms with van der Waals surface area (Å²) in [6, 6.07) is 0. The minimum atomic E-state index is 0.881. The molecule has 2 unspecified atom stereocenters. The molecule has 0 aliphatic carbocycles. The van der Waals surface area contributed by atoms with Crippen molar-refractivity contribution in [2.75, 3.05) is 0 Å². The molecule has 0 amide bonds. The van der Waals surface area contributed by atoms with Gasteiger partial charge in [-0.15, -0.1) is 0 Å². The Kier molecular flexibility index (Phi) is 8.32. The molecule has 0 radical (unpaired) electrons. The Morgan fingerprint density at radius 2 is 1.50 bits per heavy atom. The summed E-state index contributed by atoms with van der Waals surface area (Å²) in [6.07, 6.45) is 8.46. The van der Waals surface area contributed by atoms with Gasteiger partial charge in [0.15, 0.2) is 0 Å². The maximum absolute atomic E-state index is 2.38. The minimum absolute atomic E-state index is 0.881. The highest BCUT2D eigenvalue weighted by Crippen LogP contribution is 2.24. The molecular formula is C14H30. The van der Waals surface area contributed by atoms with Gasteiger partial charge in [-0.05, 0) is 17.8 Å². The fourth-order valence-corrected chi connectivity index (χ4v) is 2.11. The second-order valence-electron chi connectivity index (χ2n) is 5.24. The Labute approximate surface area is 91.5 Å². The molecule has 0 spiro atoms. The second-order valence-corrected chi connectivity index (χ2v) is 5.24. The van der Waals surface area contributed by atoms with Crippen LogP contribution in [0.5, 0.6) is 0 Å². The first-order valence-electron chi connectivity index (χ1n) is 6.61. The van der Waals surface area contributed by atoms with Crippen molar-refractivity contribution < 1.29 is 0 Å². The lowest BCUT2D eigenvalue weighted by Gasteiger charge is -2.20. The van der Waals surface area contributed by atoms with Crippen molar-refractivity contribution in [1.29, 1.82) is 0 Å². The molecule has 2 atom stereocenters. The maximum Gasteiger partial charge on any atom is -0.0391 e. The van der Waals surface area contributed by atoms with Crippen LogP contribution in [0.15, 0.2) is 0 Å². The third kappa shape index (κ3) is 6.45. The van der Waals surface area contributed by atoms with Crippen LogP contribution in [0.25, 0.3) is 0 Å². The molecule has 0 aromatic rings. The van der Waals surface area contributed by atoms with E-state index < -0.39 is 0 Å². The van der Waals surface area contributed by atoms with Gasteiger partial charge in [-0.1, -0.05) is 73.1 Å². The third-order valence-electron chi connectivity index (χ3n) is 3.57. The number of hydrogen-bond acceptors (Lipinski definition) is 0. The van der Waals surface area contributed by atoms with Gasteiger partial charge in [0.2, 0.25) is 0 Å². The van der Waals surface area contributed by atoms with Crippen molar-refractivity contribution in [2.45, 2.75) is 73.1 Å². The van der Waals surface area contributed by atoms with Gasteiger partial charge in [-0.3, -0.25) is 0 Å². The lowest BCUT2D eigenvalue weighted by Crippen LogP contribution is -2.09. The minimum Gasteiger partial charge on any atom is -0.0654 e. The molecule has 0 aliphatic heterocycles. The molecule has 0 aliphatic rings. The standard InChI is InChI=1S/C14H30/c1-6-9-14(12(3)4)11-8-10-13(5)7-2/h12-14H,6-11H2,1-5H3. The highest BCUT2D eigenvalue weighted by molar-refractivity contribution is 4.63. The fourth-order valence-electron chi connectivity index (χ4n) is 2.11. The average molecular weight is 198 g/mol. The monoisotopic (exact) mass is 198 g/mol. The van der Waals surface area contributed by atoms with Crippen LogP contribution in [0.3, 0.4) is 0 Å². The summed E-state index contributed by atoms with van der Waals surface area (Å²) >= 11 is 0. The first kappa shape index (κ1) is 14.0. The van der Waals surface area contributed by atoms with Crippen molar-refractivity contribution in [2.24, 2.45) is 17.8 Å². The topological polar surface area (TPSA) is 0 Å². The quantitative estimate of drug-likeness (QED) is 0.498. The van der Waals surface area contributed by atoms with Crippen LogP contribution in [0, 0.1) is 17.8 Å². The lowest BCUT2D eigenvalue weighted by molar-refractivity contribution is 0.313. The molecule has 0 heteroatoms. The first-order chi connectivity index (χ1) is 6.61. The normalized spacial score (nSPS) is 15.9. The van der Waals surface area contributed by atoms with Crippen LogP contribution in [0.4, 0.5) is 0 Å². The van der Waals surface area contributed by atoms with Crippen molar-refractivity contribution >= 4 is 0 Å². The van der Waals surface area contributed by atoms with Crippen LogP contribution >= 0.6 is 0 Å². The third-order valence-corrected chi connectivity index (χ3v) is 3.57. The van der Waals surface area contributed by atoms with Gasteiger partial charge in [0, 0.05) is 0 Å². The van der Waals surface area contributed by atoms with Crippen molar-refractivity contribution in [3.8, 4) is 0 Å². The zero-order valence-corrected chi connectivity index (χ0v) is 11.0. The molecule has 14 heavy (non-hydrogen) atoms. The smallest absolute Gasteiger partial charge is 0.0391 e. The summed E-state index contributed by atoms with van der Waals surface area (Å²) in [7, 11) is 0. The van der Waals surface area contributed by atoms with Crippen LogP contribution in [-0.2, 0) is 0 Å². The van der Waals surface area contributed by atoms with E-state index in [1.807, 2.05) is 0 Å². The highest BCUT2D eigenvalue weighted by Gasteiger charge is 2.12. The molecule has 0 heterocycles. The number of rotatable bonds is 8. The van der Waals surface area contributed by atoms with Gasteiger partial charge in [0.05, 0.1) is 0 Å². The van der Waals surface area contributed by atoms with Crippen LogP contribution in [0.1, 0.15) is 73.1 Å². The summed E-state index contributed by atoms with van der Waals surface area (Å²) in [6.45, 7) is 11.7. The molecule has 0 aromatic heterocycles. The van der Waals surface area contributed by atoms with Crippen molar-refractivity contribution in [1.82, 2.24) is 0 Å². The lowest BCUT2D eigenvalue weighted by atomic mass is 9.86. The Morgan fingerprint density at radius 1 is 0.857 bits per heavy atom. The predicted molar refractivity (Wildman–Crippen MR) is 66.5 cm³/mol. The van der Waals surface area contributed by atoms with Gasteiger partial charge < -0.3 is 0 Å². The van der Waals surface area contributed by atoms with E-state index in [0.29, 0.717) is 0 Å². The van der Waals surface area contributed by atoms with Crippen molar-refractivity contribution in [3.63, 3.8) is 0 Å². The Hall–Kier alpha value is 0. The molecule has 0 bridgehead atoms. The molecule has 86 valence electrons. The molecule has 0 saturated carbocycles. The second kappa shape index (κ2) is 8.32. The molecule has 0 saturated heterocycles. The van der Waals surface area contributed by atoms with E-state index in [4.69, 9.17) is 0 Å². The molecule has 0 fully saturated rings. The van der Waals surface area contributed by atoms with E-state index in [-0.39, 0.29) is 0 Å². The number of hydrogen-bond donors (Lipinski definition) is 0. The Morgan fingerprint density at radius 3 is 1.93 bits per heavy atom. The van der Waals surface area contributed by atoms with Gasteiger partial charge in [0.1, 0.15) is 0 Å². The molecule has 0 rings (SSSR count). The van der Waals surface area contributed by atoms with Gasteiger partial charge in [-0.25, -0.2) is 0 Å². The van der Waals surface area contributed by atoms with Crippen LogP contribution in [-0.4, -0.2) is 0 Å². The van der Waals surface area contributed by atoms with E-state index in [1.165, 1.54) is 38.5 Å². The zero-order chi connectivity index (χ0) is 11.0. The average Bonchev–Trinajstić information content (AvgIpc) is 2.16. The molecule has 0 aromatic carbocycles. The summed E-state index contributed by atoms with van der Waals surface area (Å²) < 4.78 is 0. The van der Waals surface area contributed by atoms with E-state index in [9.17, 15) is 0 Å². The SMILES string of the molecule is CCCC(CCCC(C)CC)C(C)C. The summed E-state index contributed by atoms with van der Waals surface area (Å²) in [5, 5.41) is 0. The maximum atomic E-state index is 2.38. The Balaban J connectivity index is 3.60. The molecule has 0 N–H and O–H groups in total. The molecular weight excluding hydrogens is 168 g/mol.